The molecule has 0 saturated heterocycles. The number of hydrogen-bond acceptors (Lipinski definition) is 5. The minimum atomic E-state index is -0.322. The number of nitrogens with one attached hydrogen (secondary N) is 3. The first kappa shape index (κ1) is 19.1. The van der Waals surface area contributed by atoms with Crippen LogP contribution in [0.3, 0.4) is 0 Å². The molecule has 30 heavy (non-hydrogen) atoms. The Labute approximate surface area is 172 Å². The van der Waals surface area contributed by atoms with E-state index in [0.29, 0.717) is 23.0 Å². The number of ether oxygens (including phenoxy) is 1. The van der Waals surface area contributed by atoms with Crippen molar-refractivity contribution < 1.29 is 14.3 Å². The van der Waals surface area contributed by atoms with E-state index in [9.17, 15) is 9.59 Å². The summed E-state index contributed by atoms with van der Waals surface area (Å²) in [6, 6.07) is 15.7. The maximum atomic E-state index is 12.7. The third kappa shape index (κ3) is 4.12. The van der Waals surface area contributed by atoms with Crippen molar-refractivity contribution in [3.05, 3.63) is 77.6 Å². The van der Waals surface area contributed by atoms with E-state index in [1.54, 1.807) is 30.3 Å². The average molecular weight is 401 g/mol. The number of anilines is 1. The van der Waals surface area contributed by atoms with Crippen LogP contribution in [0.15, 0.2) is 60.8 Å². The molecule has 0 radical (unpaired) electrons. The zero-order valence-electron chi connectivity index (χ0n) is 16.4. The molecule has 0 aliphatic heterocycles. The Bertz CT molecular complexity index is 1250. The van der Waals surface area contributed by atoms with E-state index in [1.807, 2.05) is 25.1 Å². The molecule has 0 unspecified atom stereocenters. The largest absolute Gasteiger partial charge is 0.457 e. The van der Waals surface area contributed by atoms with E-state index in [4.69, 9.17) is 4.74 Å². The lowest BCUT2D eigenvalue weighted by Gasteiger charge is -2.08. The summed E-state index contributed by atoms with van der Waals surface area (Å²) in [6.45, 7) is 1.99. The van der Waals surface area contributed by atoms with Gasteiger partial charge in [-0.1, -0.05) is 12.1 Å². The maximum absolute atomic E-state index is 12.7. The zero-order valence-corrected chi connectivity index (χ0v) is 16.4. The van der Waals surface area contributed by atoms with Gasteiger partial charge in [-0.05, 0) is 48.9 Å². The summed E-state index contributed by atoms with van der Waals surface area (Å²) < 4.78 is 5.79. The van der Waals surface area contributed by atoms with Gasteiger partial charge in [-0.15, -0.1) is 0 Å². The molecule has 4 aromatic rings. The molecule has 0 spiro atoms. The number of aryl methyl sites for hydroxylation is 1. The fourth-order valence-electron chi connectivity index (χ4n) is 2.93. The Balaban J connectivity index is 1.51. The molecule has 0 fully saturated rings. The van der Waals surface area contributed by atoms with E-state index in [1.165, 1.54) is 19.3 Å². The minimum absolute atomic E-state index is 0.240. The molecule has 0 aliphatic rings. The number of fused-ring (bicyclic) bond motifs is 1. The van der Waals surface area contributed by atoms with E-state index in [2.05, 4.69) is 25.6 Å². The number of pyridine rings is 1. The molecule has 0 saturated carbocycles. The maximum Gasteiger partial charge on any atom is 0.269 e. The van der Waals surface area contributed by atoms with Crippen molar-refractivity contribution in [3.8, 4) is 11.5 Å². The molecule has 4 rings (SSSR count). The average Bonchev–Trinajstić information content (AvgIpc) is 3.14. The van der Waals surface area contributed by atoms with Crippen LogP contribution >= 0.6 is 0 Å². The van der Waals surface area contributed by atoms with Crippen LogP contribution in [0.25, 0.3) is 11.0 Å². The summed E-state index contributed by atoms with van der Waals surface area (Å²) in [5.41, 5.74) is 3.38. The highest BCUT2D eigenvalue weighted by molar-refractivity contribution is 6.04. The molecule has 0 atom stereocenters. The first-order valence-corrected chi connectivity index (χ1v) is 9.25. The second-order valence-electron chi connectivity index (χ2n) is 6.65. The molecular weight excluding hydrogens is 382 g/mol. The van der Waals surface area contributed by atoms with Gasteiger partial charge in [0.1, 0.15) is 17.2 Å². The number of aromatic amines is 1. The van der Waals surface area contributed by atoms with E-state index in [-0.39, 0.29) is 17.5 Å². The second-order valence-corrected chi connectivity index (χ2v) is 6.65. The molecular formula is C22H19N5O3. The van der Waals surface area contributed by atoms with Crippen molar-refractivity contribution in [1.29, 1.82) is 0 Å². The molecule has 3 N–H and O–H groups in total. The Hall–Kier alpha value is -4.20. The molecule has 2 aromatic heterocycles. The lowest BCUT2D eigenvalue weighted by atomic mass is 10.2. The van der Waals surface area contributed by atoms with Crippen LogP contribution in [0.2, 0.25) is 0 Å². The summed E-state index contributed by atoms with van der Waals surface area (Å²) in [4.78, 5) is 35.9. The van der Waals surface area contributed by atoms with E-state index >= 15 is 0 Å². The third-order valence-corrected chi connectivity index (χ3v) is 4.39. The summed E-state index contributed by atoms with van der Waals surface area (Å²) in [5, 5.41) is 5.28. The van der Waals surface area contributed by atoms with Crippen LogP contribution in [0, 0.1) is 6.92 Å². The lowest BCUT2D eigenvalue weighted by Crippen LogP contribution is -2.18. The number of amides is 2. The number of hydrogen-bond donors (Lipinski definition) is 3. The molecule has 8 nitrogen and oxygen atoms in total. The van der Waals surface area contributed by atoms with Crippen LogP contribution in [-0.2, 0) is 0 Å². The predicted octanol–water partition coefficient (Wildman–Crippen LogP) is 3.67. The lowest BCUT2D eigenvalue weighted by molar-refractivity contribution is 0.0957. The summed E-state index contributed by atoms with van der Waals surface area (Å²) in [7, 11) is 1.53. The SMILES string of the molecule is CNC(=O)c1cc(Oc2cccc(C(=O)Nc3nc4ccc(C)cc4[nH]3)c2)ccn1. The van der Waals surface area contributed by atoms with Crippen molar-refractivity contribution in [2.75, 3.05) is 12.4 Å². The van der Waals surface area contributed by atoms with Crippen LogP contribution < -0.4 is 15.4 Å². The van der Waals surface area contributed by atoms with Gasteiger partial charge in [-0.3, -0.25) is 19.9 Å². The quantitative estimate of drug-likeness (QED) is 0.473. The number of aromatic nitrogens is 3. The fraction of sp³-hybridized carbons (Fsp3) is 0.0909. The number of H-pyrrole nitrogens is 1. The number of carbonyl (C=O) groups excluding carboxylic acids is 2. The Kier molecular flexibility index (Phi) is 5.13. The second kappa shape index (κ2) is 8.04. The summed E-state index contributed by atoms with van der Waals surface area (Å²) in [6.07, 6.45) is 1.49. The van der Waals surface area contributed by atoms with Gasteiger partial charge in [0.05, 0.1) is 11.0 Å². The van der Waals surface area contributed by atoms with Gasteiger partial charge in [-0.2, -0.15) is 0 Å². The van der Waals surface area contributed by atoms with E-state index in [0.717, 1.165) is 16.6 Å². The normalized spacial score (nSPS) is 10.6. The third-order valence-electron chi connectivity index (χ3n) is 4.39. The molecule has 2 aromatic carbocycles. The zero-order chi connectivity index (χ0) is 21.1. The van der Waals surface area contributed by atoms with Gasteiger partial charge in [0.25, 0.3) is 11.8 Å². The van der Waals surface area contributed by atoms with Gasteiger partial charge >= 0.3 is 0 Å². The number of carbonyl (C=O) groups is 2. The van der Waals surface area contributed by atoms with Gasteiger partial charge < -0.3 is 15.0 Å². The molecule has 2 heterocycles. The summed E-state index contributed by atoms with van der Waals surface area (Å²) >= 11 is 0. The predicted molar refractivity (Wildman–Crippen MR) is 113 cm³/mol. The molecule has 0 aliphatic carbocycles. The van der Waals surface area contributed by atoms with Crippen molar-refractivity contribution >= 4 is 28.8 Å². The molecule has 2 amide bonds. The summed E-state index contributed by atoms with van der Waals surface area (Å²) in [5.74, 6) is 0.633. The topological polar surface area (TPSA) is 109 Å². The van der Waals surface area contributed by atoms with Gasteiger partial charge in [0.2, 0.25) is 5.95 Å². The van der Waals surface area contributed by atoms with Crippen LogP contribution in [0.4, 0.5) is 5.95 Å². The van der Waals surface area contributed by atoms with E-state index < -0.39 is 0 Å². The number of rotatable bonds is 5. The Morgan fingerprint density at radius 2 is 1.83 bits per heavy atom. The van der Waals surface area contributed by atoms with Crippen LogP contribution in [-0.4, -0.2) is 33.8 Å². The first-order valence-electron chi connectivity index (χ1n) is 9.25. The smallest absolute Gasteiger partial charge is 0.269 e. The Morgan fingerprint density at radius 3 is 2.67 bits per heavy atom. The Morgan fingerprint density at radius 1 is 1.00 bits per heavy atom. The highest BCUT2D eigenvalue weighted by Crippen LogP contribution is 2.23. The van der Waals surface area contributed by atoms with Crippen LogP contribution in [0.5, 0.6) is 11.5 Å². The number of nitrogens with zero attached hydrogens (tertiary/aromatic N) is 2. The fourth-order valence-corrected chi connectivity index (χ4v) is 2.93. The van der Waals surface area contributed by atoms with Gasteiger partial charge in [0.15, 0.2) is 0 Å². The highest BCUT2D eigenvalue weighted by atomic mass is 16.5. The molecule has 0 bridgehead atoms. The first-order chi connectivity index (χ1) is 14.5. The molecule has 8 heteroatoms. The van der Waals surface area contributed by atoms with Crippen molar-refractivity contribution in [2.45, 2.75) is 6.92 Å². The standard InChI is InChI=1S/C22H19N5O3/c1-13-6-7-17-18(10-13)26-22(25-17)27-20(28)14-4-3-5-15(11-14)30-16-8-9-24-19(12-16)21(29)23-2/h3-12H,1-2H3,(H,23,29)(H2,25,26,27,28). The number of benzene rings is 2. The van der Waals surface area contributed by atoms with Crippen molar-refractivity contribution in [2.24, 2.45) is 0 Å². The monoisotopic (exact) mass is 401 g/mol. The van der Waals surface area contributed by atoms with Gasteiger partial charge in [-0.25, -0.2) is 4.98 Å². The number of imidazole rings is 1. The van der Waals surface area contributed by atoms with Gasteiger partial charge in [0, 0.05) is 24.9 Å². The molecule has 150 valence electrons. The minimum Gasteiger partial charge on any atom is -0.457 e. The van der Waals surface area contributed by atoms with Crippen LogP contribution in [0.1, 0.15) is 26.4 Å². The van der Waals surface area contributed by atoms with Crippen molar-refractivity contribution in [3.63, 3.8) is 0 Å². The van der Waals surface area contributed by atoms with Crippen molar-refractivity contribution in [1.82, 2.24) is 20.3 Å². The highest BCUT2D eigenvalue weighted by Gasteiger charge is 2.12.